The molecule has 2 N–H and O–H groups in total. The minimum absolute atomic E-state index is 0.0214. The third-order valence-corrected chi connectivity index (χ3v) is 8.48. The molecule has 5 rings (SSSR count). The molecule has 9 heteroatoms. The van der Waals surface area contributed by atoms with Gasteiger partial charge in [-0.05, 0) is 30.7 Å². The Labute approximate surface area is 243 Å². The molecule has 0 bridgehead atoms. The lowest BCUT2D eigenvalue weighted by molar-refractivity contribution is -0.00574. The molecule has 0 radical (unpaired) electrons. The average Bonchev–Trinajstić information content (AvgIpc) is 3.32. The number of likely N-dealkylation sites (tertiary alicyclic amines) is 1. The first-order chi connectivity index (χ1) is 19.9. The van der Waals surface area contributed by atoms with Crippen LogP contribution in [0.15, 0.2) is 79.4 Å². The number of hydrogen-bond donors (Lipinski definition) is 2. The van der Waals surface area contributed by atoms with Crippen molar-refractivity contribution in [3.63, 3.8) is 0 Å². The molecule has 8 nitrogen and oxygen atoms in total. The van der Waals surface area contributed by atoms with E-state index in [1.165, 1.54) is 11.3 Å². The maximum absolute atomic E-state index is 13.8. The van der Waals surface area contributed by atoms with Gasteiger partial charge in [-0.1, -0.05) is 49.6 Å². The first-order valence-corrected chi connectivity index (χ1v) is 14.5. The molecule has 212 valence electrons. The number of rotatable bonds is 8. The monoisotopic (exact) mass is 571 g/mol. The van der Waals surface area contributed by atoms with Crippen LogP contribution in [-0.2, 0) is 0 Å². The topological polar surface area (TPSA) is 97.0 Å². The van der Waals surface area contributed by atoms with Crippen molar-refractivity contribution in [3.05, 3.63) is 90.6 Å². The van der Waals surface area contributed by atoms with E-state index < -0.39 is 5.60 Å². The number of Topliss-reactive ketones (excluding diaryl/α,β-unsaturated/α-hetero) is 1. The van der Waals surface area contributed by atoms with Crippen LogP contribution in [0.5, 0.6) is 11.5 Å². The van der Waals surface area contributed by atoms with Crippen molar-refractivity contribution in [2.24, 2.45) is 0 Å². The highest BCUT2D eigenvalue weighted by atomic mass is 32.1. The third-order valence-electron chi connectivity index (χ3n) is 7.40. The molecule has 1 aromatic heterocycles. The van der Waals surface area contributed by atoms with Crippen LogP contribution in [0.1, 0.15) is 46.9 Å². The number of urea groups is 1. The van der Waals surface area contributed by atoms with E-state index in [9.17, 15) is 14.4 Å². The zero-order valence-corrected chi connectivity index (χ0v) is 23.9. The van der Waals surface area contributed by atoms with Gasteiger partial charge in [0.1, 0.15) is 28.7 Å². The lowest BCUT2D eigenvalue weighted by Crippen LogP contribution is -2.52. The second-order valence-electron chi connectivity index (χ2n) is 10.1. The van der Waals surface area contributed by atoms with Crippen molar-refractivity contribution >= 4 is 44.1 Å². The minimum atomic E-state index is -0.687. The van der Waals surface area contributed by atoms with Gasteiger partial charge in [-0.25, -0.2) is 4.79 Å². The number of hydrogen-bond acceptors (Lipinski definition) is 6. The average molecular weight is 572 g/mol. The van der Waals surface area contributed by atoms with Gasteiger partial charge < -0.3 is 19.7 Å². The Bertz CT molecular complexity index is 1550. The van der Waals surface area contributed by atoms with E-state index in [2.05, 4.69) is 23.8 Å². The number of piperidine rings is 1. The minimum Gasteiger partial charge on any atom is -0.489 e. The van der Waals surface area contributed by atoms with Gasteiger partial charge in [-0.15, -0.1) is 11.3 Å². The Morgan fingerprint density at radius 3 is 2.68 bits per heavy atom. The summed E-state index contributed by atoms with van der Waals surface area (Å²) >= 11 is 1.38. The molecule has 3 amide bonds. The van der Waals surface area contributed by atoms with Crippen molar-refractivity contribution in [3.8, 4) is 11.5 Å². The van der Waals surface area contributed by atoms with Crippen molar-refractivity contribution in [2.45, 2.75) is 31.8 Å². The van der Waals surface area contributed by atoms with Crippen LogP contribution in [0.4, 0.5) is 9.80 Å². The van der Waals surface area contributed by atoms with E-state index in [-0.39, 0.29) is 24.1 Å². The van der Waals surface area contributed by atoms with Crippen LogP contribution in [-0.4, -0.2) is 54.5 Å². The molecule has 3 aromatic rings. The fourth-order valence-electron chi connectivity index (χ4n) is 5.27. The number of amides is 3. The van der Waals surface area contributed by atoms with Gasteiger partial charge in [0.15, 0.2) is 5.78 Å². The van der Waals surface area contributed by atoms with Gasteiger partial charge in [-0.3, -0.25) is 14.9 Å². The number of nitrogens with zero attached hydrogens (tertiary/aromatic N) is 1. The van der Waals surface area contributed by atoms with Crippen LogP contribution in [0.2, 0.25) is 0 Å². The summed E-state index contributed by atoms with van der Waals surface area (Å²) in [6, 6.07) is 12.6. The molecular weight excluding hydrogens is 538 g/mol. The Hall–Kier alpha value is -4.37. The lowest BCUT2D eigenvalue weighted by Gasteiger charge is -2.44. The summed E-state index contributed by atoms with van der Waals surface area (Å²) in [5, 5.41) is 6.91. The summed E-state index contributed by atoms with van der Waals surface area (Å²) in [5.41, 5.74) is 1.22. The Morgan fingerprint density at radius 1 is 1.17 bits per heavy atom. The zero-order valence-electron chi connectivity index (χ0n) is 23.0. The summed E-state index contributed by atoms with van der Waals surface area (Å²) in [5.74, 6) is 0.971. The summed E-state index contributed by atoms with van der Waals surface area (Å²) in [6.45, 7) is 11.0. The molecule has 2 aromatic carbocycles. The van der Waals surface area contributed by atoms with Crippen molar-refractivity contribution in [1.29, 1.82) is 0 Å². The molecule has 0 unspecified atom stereocenters. The van der Waals surface area contributed by atoms with Gasteiger partial charge in [0, 0.05) is 48.6 Å². The maximum atomic E-state index is 13.8. The van der Waals surface area contributed by atoms with Crippen LogP contribution >= 0.6 is 11.3 Å². The predicted octanol–water partition coefficient (Wildman–Crippen LogP) is 6.36. The molecular formula is C32H33N3O5S. The predicted molar refractivity (Wildman–Crippen MR) is 162 cm³/mol. The summed E-state index contributed by atoms with van der Waals surface area (Å²) in [4.78, 5) is 41.1. The molecule has 0 saturated carbocycles. The van der Waals surface area contributed by atoms with Crippen molar-refractivity contribution in [2.75, 3.05) is 31.6 Å². The largest absolute Gasteiger partial charge is 0.489 e. The molecule has 1 fully saturated rings. The zero-order chi connectivity index (χ0) is 29.0. The Balaban J connectivity index is 1.31. The molecule has 2 aliphatic rings. The number of thiophene rings is 1. The number of fused-ring (bicyclic) bond motifs is 2. The van der Waals surface area contributed by atoms with Gasteiger partial charge in [0.2, 0.25) is 0 Å². The first kappa shape index (κ1) is 28.2. The molecule has 1 spiro atoms. The van der Waals surface area contributed by atoms with E-state index >= 15 is 0 Å². The first-order valence-electron chi connectivity index (χ1n) is 13.6. The summed E-state index contributed by atoms with van der Waals surface area (Å²) in [6.07, 6.45) is 6.50. The van der Waals surface area contributed by atoms with Crippen LogP contribution in [0.3, 0.4) is 0 Å². The standard InChI is InChI=1S/C32H33N3O5S/c1-4-9-21(5-2)20-39-22-12-13-23-25(36)19-32(40-26(23)18-22)14-16-35(17-15-32)30(37)28-24-10-7-8-11-27(24)41-29(28)34-31(38)33-6-3/h4-5,7-13,18H,1-2,6,14-17,19-20H2,3H3,(H2,33,34,38)/b21-9+. The van der Waals surface area contributed by atoms with Crippen LogP contribution in [0.25, 0.3) is 10.1 Å². The van der Waals surface area contributed by atoms with Crippen LogP contribution in [0, 0.1) is 0 Å². The quantitative estimate of drug-likeness (QED) is 0.307. The lowest BCUT2D eigenvalue weighted by atomic mass is 9.82. The normalized spacial score (nSPS) is 16.1. The van der Waals surface area contributed by atoms with Gasteiger partial charge in [0.05, 0.1) is 17.5 Å². The number of benzene rings is 2. The van der Waals surface area contributed by atoms with Gasteiger partial charge >= 0.3 is 6.03 Å². The molecule has 2 aliphatic heterocycles. The number of carbonyl (C=O) groups excluding carboxylic acids is 3. The number of carbonyl (C=O) groups is 3. The number of anilines is 1. The second-order valence-corrected chi connectivity index (χ2v) is 11.1. The van der Waals surface area contributed by atoms with Crippen molar-refractivity contribution < 1.29 is 23.9 Å². The molecule has 0 aliphatic carbocycles. The second kappa shape index (κ2) is 12.0. The number of allylic oxidation sites excluding steroid dienone is 2. The highest BCUT2D eigenvalue weighted by molar-refractivity contribution is 7.23. The Kier molecular flexibility index (Phi) is 8.26. The van der Waals surface area contributed by atoms with Crippen LogP contribution < -0.4 is 20.1 Å². The van der Waals surface area contributed by atoms with E-state index in [4.69, 9.17) is 9.47 Å². The maximum Gasteiger partial charge on any atom is 0.319 e. The van der Waals surface area contributed by atoms with E-state index in [0.29, 0.717) is 66.7 Å². The van der Waals surface area contributed by atoms with Crippen molar-refractivity contribution in [1.82, 2.24) is 10.2 Å². The highest BCUT2D eigenvalue weighted by Gasteiger charge is 2.44. The molecule has 41 heavy (non-hydrogen) atoms. The summed E-state index contributed by atoms with van der Waals surface area (Å²) in [7, 11) is 0. The SMILES string of the molecule is C=C/C=C(\C=C)COc1ccc2c(c1)OC1(CCN(C(=O)c3c(NC(=O)NCC)sc4ccccc34)CC1)CC2=O. The highest BCUT2D eigenvalue weighted by Crippen LogP contribution is 2.42. The van der Waals surface area contributed by atoms with E-state index in [0.717, 1.165) is 15.7 Å². The van der Waals surface area contributed by atoms with E-state index in [1.54, 1.807) is 35.3 Å². The number of ketones is 1. The third kappa shape index (κ3) is 5.90. The smallest absolute Gasteiger partial charge is 0.319 e. The summed E-state index contributed by atoms with van der Waals surface area (Å²) < 4.78 is 13.3. The van der Waals surface area contributed by atoms with Gasteiger partial charge in [0.25, 0.3) is 5.91 Å². The fourth-order valence-corrected chi connectivity index (χ4v) is 6.36. The number of ether oxygens (including phenoxy) is 2. The fraction of sp³-hybridized carbons (Fsp3) is 0.281. The van der Waals surface area contributed by atoms with E-state index in [1.807, 2.05) is 37.3 Å². The Morgan fingerprint density at radius 2 is 1.95 bits per heavy atom. The molecule has 0 atom stereocenters. The van der Waals surface area contributed by atoms with Gasteiger partial charge in [-0.2, -0.15) is 0 Å². The number of nitrogens with one attached hydrogen (secondary N) is 2. The molecule has 1 saturated heterocycles. The molecule has 3 heterocycles.